The molecule has 2 aliphatic rings. The highest BCUT2D eigenvalue weighted by molar-refractivity contribution is 5.83. The van der Waals surface area contributed by atoms with E-state index >= 15 is 0 Å². The van der Waals surface area contributed by atoms with Crippen molar-refractivity contribution in [2.75, 3.05) is 19.8 Å². The Labute approximate surface area is 151 Å². The number of benzene rings is 1. The summed E-state index contributed by atoms with van der Waals surface area (Å²) < 4.78 is 11.0. The van der Waals surface area contributed by atoms with Gasteiger partial charge in [0.05, 0.1) is 19.3 Å². The minimum absolute atomic E-state index is 0.0166. The van der Waals surface area contributed by atoms with Crippen molar-refractivity contribution in [1.29, 1.82) is 0 Å². The second kappa shape index (κ2) is 7.57. The van der Waals surface area contributed by atoms with E-state index in [1.54, 1.807) is 6.07 Å². The minimum atomic E-state index is -1.08. The number of aliphatic hydroxyl groups excluding tert-OH is 1. The van der Waals surface area contributed by atoms with Crippen LogP contribution in [0.3, 0.4) is 0 Å². The highest BCUT2D eigenvalue weighted by Crippen LogP contribution is 2.22. The fraction of sp³-hybridized carbons (Fsp3) is 0.474. The van der Waals surface area contributed by atoms with E-state index in [4.69, 9.17) is 9.26 Å². The summed E-state index contributed by atoms with van der Waals surface area (Å²) in [5.41, 5.74) is 1.47. The molecule has 2 fully saturated rings. The maximum Gasteiger partial charge on any atom is 0.242 e. The highest BCUT2D eigenvalue weighted by atomic mass is 16.5. The molecule has 26 heavy (non-hydrogen) atoms. The van der Waals surface area contributed by atoms with Gasteiger partial charge in [-0.2, -0.15) is 0 Å². The lowest BCUT2D eigenvalue weighted by molar-refractivity contribution is -0.134. The SMILES string of the molecule is O=C1[C@@H](NC(O)c2cc(Cc3ccccc3)on2)COC[C@@H]2CCCN12. The van der Waals surface area contributed by atoms with E-state index in [0.717, 1.165) is 24.9 Å². The molecule has 0 saturated carbocycles. The standard InChI is InChI=1S/C19H23N3O4/c23-18(16-10-15(26-21-16)9-13-5-2-1-3-6-13)20-17-12-25-11-14-7-4-8-22(14)19(17)24/h1-3,5-6,10,14,17-18,20,23H,4,7-9,11-12H2/t14-,17-,18?/m0/s1. The van der Waals surface area contributed by atoms with Gasteiger partial charge in [-0.1, -0.05) is 35.5 Å². The Bertz CT molecular complexity index is 748. The summed E-state index contributed by atoms with van der Waals surface area (Å²) in [6.07, 6.45) is 1.50. The van der Waals surface area contributed by atoms with E-state index in [2.05, 4.69) is 10.5 Å². The number of aliphatic hydroxyl groups is 1. The number of fused-ring (bicyclic) bond motifs is 1. The molecule has 1 unspecified atom stereocenters. The molecule has 2 aromatic rings. The van der Waals surface area contributed by atoms with Crippen molar-refractivity contribution < 1.29 is 19.2 Å². The number of amides is 1. The maximum atomic E-state index is 12.7. The van der Waals surface area contributed by atoms with Crippen LogP contribution in [0, 0.1) is 0 Å². The first-order valence-electron chi connectivity index (χ1n) is 9.02. The third-order valence-corrected chi connectivity index (χ3v) is 4.99. The molecule has 0 spiro atoms. The second-order valence-corrected chi connectivity index (χ2v) is 6.87. The van der Waals surface area contributed by atoms with E-state index in [9.17, 15) is 9.90 Å². The van der Waals surface area contributed by atoms with Crippen molar-refractivity contribution in [3.8, 4) is 0 Å². The highest BCUT2D eigenvalue weighted by Gasteiger charge is 2.37. The summed E-state index contributed by atoms with van der Waals surface area (Å²) in [7, 11) is 0. The molecule has 0 bridgehead atoms. The topological polar surface area (TPSA) is 87.8 Å². The number of carbonyl (C=O) groups is 1. The fourth-order valence-corrected chi connectivity index (χ4v) is 3.63. The van der Waals surface area contributed by atoms with Crippen LogP contribution >= 0.6 is 0 Å². The molecular formula is C19H23N3O4. The molecule has 1 aromatic carbocycles. The molecule has 2 saturated heterocycles. The van der Waals surface area contributed by atoms with Gasteiger partial charge >= 0.3 is 0 Å². The molecular weight excluding hydrogens is 334 g/mol. The molecule has 2 aliphatic heterocycles. The summed E-state index contributed by atoms with van der Waals surface area (Å²) in [5.74, 6) is 0.646. The summed E-state index contributed by atoms with van der Waals surface area (Å²) in [4.78, 5) is 14.5. The van der Waals surface area contributed by atoms with Crippen molar-refractivity contribution in [2.24, 2.45) is 0 Å². The monoisotopic (exact) mass is 357 g/mol. The van der Waals surface area contributed by atoms with Crippen LogP contribution in [0.25, 0.3) is 0 Å². The third kappa shape index (κ3) is 3.65. The molecule has 4 rings (SSSR count). The van der Waals surface area contributed by atoms with Crippen LogP contribution in [-0.4, -0.2) is 52.9 Å². The summed E-state index contributed by atoms with van der Waals surface area (Å²) >= 11 is 0. The van der Waals surface area contributed by atoms with Gasteiger partial charge in [0.15, 0.2) is 6.23 Å². The number of nitrogens with zero attached hydrogens (tertiary/aromatic N) is 2. The number of nitrogens with one attached hydrogen (secondary N) is 1. The van der Waals surface area contributed by atoms with Crippen molar-refractivity contribution in [3.05, 3.63) is 53.4 Å². The van der Waals surface area contributed by atoms with Gasteiger partial charge < -0.3 is 19.3 Å². The molecule has 7 nitrogen and oxygen atoms in total. The van der Waals surface area contributed by atoms with Crippen LogP contribution in [0.4, 0.5) is 0 Å². The van der Waals surface area contributed by atoms with Gasteiger partial charge in [0.1, 0.15) is 17.5 Å². The Hall–Kier alpha value is -2.22. The first-order valence-corrected chi connectivity index (χ1v) is 9.02. The van der Waals surface area contributed by atoms with Gasteiger partial charge in [-0.3, -0.25) is 10.1 Å². The number of carbonyl (C=O) groups excluding carboxylic acids is 1. The van der Waals surface area contributed by atoms with Crippen LogP contribution < -0.4 is 5.32 Å². The molecule has 7 heteroatoms. The Morgan fingerprint density at radius 1 is 1.31 bits per heavy atom. The van der Waals surface area contributed by atoms with Crippen LogP contribution in [0.15, 0.2) is 40.9 Å². The predicted molar refractivity (Wildman–Crippen MR) is 93.2 cm³/mol. The maximum absolute atomic E-state index is 12.7. The number of hydrogen-bond donors (Lipinski definition) is 2. The van der Waals surface area contributed by atoms with E-state index in [1.807, 2.05) is 35.2 Å². The second-order valence-electron chi connectivity index (χ2n) is 6.87. The zero-order valence-electron chi connectivity index (χ0n) is 14.5. The van der Waals surface area contributed by atoms with Gasteiger partial charge in [-0.25, -0.2) is 0 Å². The fourth-order valence-electron chi connectivity index (χ4n) is 3.63. The summed E-state index contributed by atoms with van der Waals surface area (Å²) in [6, 6.07) is 11.2. The van der Waals surface area contributed by atoms with E-state index in [0.29, 0.717) is 24.5 Å². The zero-order chi connectivity index (χ0) is 17.9. The lowest BCUT2D eigenvalue weighted by Gasteiger charge is -2.25. The predicted octanol–water partition coefficient (Wildman–Crippen LogP) is 1.24. The summed E-state index contributed by atoms with van der Waals surface area (Å²) in [6.45, 7) is 1.56. The molecule has 3 atom stereocenters. The third-order valence-electron chi connectivity index (χ3n) is 4.99. The van der Waals surface area contributed by atoms with Crippen LogP contribution in [0.5, 0.6) is 0 Å². The molecule has 138 valence electrons. The molecule has 1 aromatic heterocycles. The first kappa shape index (κ1) is 17.2. The number of aromatic nitrogens is 1. The van der Waals surface area contributed by atoms with E-state index < -0.39 is 12.3 Å². The molecule has 0 aliphatic carbocycles. The minimum Gasteiger partial charge on any atom is -0.377 e. The largest absolute Gasteiger partial charge is 0.377 e. The number of ether oxygens (including phenoxy) is 1. The van der Waals surface area contributed by atoms with Crippen LogP contribution in [-0.2, 0) is 16.0 Å². The van der Waals surface area contributed by atoms with Gasteiger partial charge in [-0.05, 0) is 18.4 Å². The first-order chi connectivity index (χ1) is 12.7. The Kier molecular flexibility index (Phi) is 5.01. The Morgan fingerprint density at radius 3 is 3.00 bits per heavy atom. The van der Waals surface area contributed by atoms with Crippen molar-refractivity contribution in [1.82, 2.24) is 15.4 Å². The van der Waals surface area contributed by atoms with Gasteiger partial charge in [0, 0.05) is 19.0 Å². The molecule has 1 amide bonds. The van der Waals surface area contributed by atoms with Crippen molar-refractivity contribution >= 4 is 5.91 Å². The summed E-state index contributed by atoms with van der Waals surface area (Å²) in [5, 5.41) is 17.3. The molecule has 3 heterocycles. The Balaban J connectivity index is 1.40. The lowest BCUT2D eigenvalue weighted by atomic mass is 10.1. The van der Waals surface area contributed by atoms with E-state index in [-0.39, 0.29) is 18.6 Å². The molecule has 0 radical (unpaired) electrons. The van der Waals surface area contributed by atoms with Gasteiger partial charge in [0.25, 0.3) is 0 Å². The van der Waals surface area contributed by atoms with Crippen molar-refractivity contribution in [2.45, 2.75) is 37.6 Å². The smallest absolute Gasteiger partial charge is 0.242 e. The zero-order valence-corrected chi connectivity index (χ0v) is 14.5. The quantitative estimate of drug-likeness (QED) is 0.783. The average Bonchev–Trinajstić information content (AvgIpc) is 3.28. The number of rotatable bonds is 5. The Morgan fingerprint density at radius 2 is 2.15 bits per heavy atom. The van der Waals surface area contributed by atoms with Gasteiger partial charge in [-0.15, -0.1) is 0 Å². The van der Waals surface area contributed by atoms with Gasteiger partial charge in [0.2, 0.25) is 5.91 Å². The van der Waals surface area contributed by atoms with E-state index in [1.165, 1.54) is 0 Å². The normalized spacial score (nSPS) is 24.3. The lowest BCUT2D eigenvalue weighted by Crippen LogP contribution is -2.49. The van der Waals surface area contributed by atoms with Crippen molar-refractivity contribution in [3.63, 3.8) is 0 Å². The number of hydrogen-bond acceptors (Lipinski definition) is 6. The molecule has 2 N–H and O–H groups in total. The average molecular weight is 357 g/mol. The van der Waals surface area contributed by atoms with Crippen LogP contribution in [0.2, 0.25) is 0 Å². The van der Waals surface area contributed by atoms with Crippen LogP contribution in [0.1, 0.15) is 36.1 Å².